The van der Waals surface area contributed by atoms with Gasteiger partial charge in [-0.15, -0.1) is 0 Å². The highest BCUT2D eigenvalue weighted by molar-refractivity contribution is 5.92. The molecule has 2 aromatic carbocycles. The first-order valence-electron chi connectivity index (χ1n) is 12.2. The molecular weight excluding hydrogens is 482 g/mol. The summed E-state index contributed by atoms with van der Waals surface area (Å²) in [6, 6.07) is 9.40. The molecule has 2 aliphatic heterocycles. The van der Waals surface area contributed by atoms with E-state index in [1.165, 1.54) is 12.2 Å². The van der Waals surface area contributed by atoms with E-state index in [-0.39, 0.29) is 31.4 Å². The minimum Gasteiger partial charge on any atom is -0.496 e. The number of hydrogen-bond acceptors (Lipinski definition) is 9. The molecule has 0 radical (unpaired) electrons. The second-order valence-corrected chi connectivity index (χ2v) is 9.34. The van der Waals surface area contributed by atoms with Gasteiger partial charge in [0.1, 0.15) is 17.9 Å². The lowest BCUT2D eigenvalue weighted by atomic mass is 9.95. The van der Waals surface area contributed by atoms with Crippen molar-refractivity contribution in [3.63, 3.8) is 0 Å². The second-order valence-electron chi connectivity index (χ2n) is 9.34. The number of carbonyl (C=O) groups excluding carboxylic acids is 1. The third-order valence-electron chi connectivity index (χ3n) is 7.17. The number of para-hydroxylation sites is 1. The highest BCUT2D eigenvalue weighted by Crippen LogP contribution is 2.39. The Kier molecular flexibility index (Phi) is 8.30. The van der Waals surface area contributed by atoms with Crippen LogP contribution in [0.4, 0.5) is 5.69 Å². The van der Waals surface area contributed by atoms with Gasteiger partial charge in [-0.2, -0.15) is 5.06 Å². The minimum absolute atomic E-state index is 0.0219. The smallest absolute Gasteiger partial charge is 0.335 e. The monoisotopic (exact) mass is 515 g/mol. The van der Waals surface area contributed by atoms with Crippen molar-refractivity contribution in [1.82, 2.24) is 5.06 Å². The summed E-state index contributed by atoms with van der Waals surface area (Å²) in [4.78, 5) is 31.9. The number of ether oxygens (including phenoxy) is 1. The number of methoxy groups -OCH3 is 1. The zero-order chi connectivity index (χ0) is 26.7. The number of benzene rings is 2. The van der Waals surface area contributed by atoms with Crippen molar-refractivity contribution in [2.75, 3.05) is 38.4 Å². The summed E-state index contributed by atoms with van der Waals surface area (Å²) in [5.41, 5.74) is 8.30. The number of hydrogen-bond donors (Lipinski definition) is 5. The Bertz CT molecular complexity index is 1140. The Morgan fingerprint density at radius 3 is 2.54 bits per heavy atom. The molecule has 2 saturated heterocycles. The van der Waals surface area contributed by atoms with Crippen LogP contribution in [0.1, 0.15) is 28.8 Å². The Morgan fingerprint density at radius 2 is 1.92 bits per heavy atom. The lowest BCUT2D eigenvalue weighted by Crippen LogP contribution is -2.44. The van der Waals surface area contributed by atoms with E-state index in [2.05, 4.69) is 0 Å². The first-order chi connectivity index (χ1) is 17.8. The molecule has 37 heavy (non-hydrogen) atoms. The van der Waals surface area contributed by atoms with Gasteiger partial charge in [-0.25, -0.2) is 4.79 Å². The van der Waals surface area contributed by atoms with E-state index in [4.69, 9.17) is 15.3 Å². The van der Waals surface area contributed by atoms with Gasteiger partial charge in [0.15, 0.2) is 0 Å². The fourth-order valence-electron chi connectivity index (χ4n) is 5.38. The van der Waals surface area contributed by atoms with Gasteiger partial charge in [0.05, 0.1) is 45.1 Å². The van der Waals surface area contributed by atoms with E-state index in [9.17, 15) is 30.0 Å². The third-order valence-corrected chi connectivity index (χ3v) is 7.17. The number of aliphatic hydroxyl groups is 3. The highest BCUT2D eigenvalue weighted by atomic mass is 16.7. The lowest BCUT2D eigenvalue weighted by Gasteiger charge is -2.27. The highest BCUT2D eigenvalue weighted by Gasteiger charge is 2.46. The Labute approximate surface area is 214 Å². The normalized spacial score (nSPS) is 23.9. The van der Waals surface area contributed by atoms with Crippen molar-refractivity contribution in [3.8, 4) is 16.9 Å². The Hall–Kier alpha value is -3.22. The van der Waals surface area contributed by atoms with Gasteiger partial charge in [-0.1, -0.05) is 18.2 Å². The van der Waals surface area contributed by atoms with Gasteiger partial charge in [0.2, 0.25) is 5.91 Å². The van der Waals surface area contributed by atoms with Crippen molar-refractivity contribution in [2.45, 2.75) is 37.6 Å². The molecule has 2 heterocycles. The lowest BCUT2D eigenvalue weighted by molar-refractivity contribution is -0.180. The molecule has 11 nitrogen and oxygen atoms in total. The molecule has 0 unspecified atom stereocenters. The number of amides is 1. The topological polar surface area (TPSA) is 166 Å². The number of carbonyl (C=O) groups is 2. The number of nitrogens with two attached hydrogens (primary N) is 1. The fraction of sp³-hybridized carbons (Fsp3) is 0.462. The Morgan fingerprint density at radius 1 is 1.14 bits per heavy atom. The van der Waals surface area contributed by atoms with E-state index < -0.39 is 36.5 Å². The molecule has 0 bridgehead atoms. The van der Waals surface area contributed by atoms with Gasteiger partial charge >= 0.3 is 5.97 Å². The molecule has 2 aliphatic rings. The summed E-state index contributed by atoms with van der Waals surface area (Å²) in [6.45, 7) is -0.0150. The van der Waals surface area contributed by atoms with Gasteiger partial charge in [-0.05, 0) is 36.6 Å². The van der Waals surface area contributed by atoms with Crippen LogP contribution in [0.5, 0.6) is 5.75 Å². The van der Waals surface area contributed by atoms with E-state index in [0.717, 1.165) is 12.8 Å². The van der Waals surface area contributed by atoms with Crippen LogP contribution in [0.3, 0.4) is 0 Å². The van der Waals surface area contributed by atoms with Crippen LogP contribution >= 0.6 is 0 Å². The molecule has 0 aromatic heterocycles. The van der Waals surface area contributed by atoms with E-state index in [0.29, 0.717) is 34.7 Å². The number of anilines is 1. The number of primary amides is 1. The van der Waals surface area contributed by atoms with E-state index in [1.807, 2.05) is 17.0 Å². The van der Waals surface area contributed by atoms with Gasteiger partial charge in [-0.3, -0.25) is 9.63 Å². The molecule has 6 N–H and O–H groups in total. The largest absolute Gasteiger partial charge is 0.496 e. The average Bonchev–Trinajstić information content (AvgIpc) is 3.52. The maximum absolute atomic E-state index is 12.2. The van der Waals surface area contributed by atoms with Crippen molar-refractivity contribution < 1.29 is 39.6 Å². The molecular formula is C26H33N3O8. The van der Waals surface area contributed by atoms with E-state index in [1.54, 1.807) is 24.3 Å². The van der Waals surface area contributed by atoms with Crippen LogP contribution < -0.4 is 15.4 Å². The fourth-order valence-corrected chi connectivity index (χ4v) is 5.38. The maximum Gasteiger partial charge on any atom is 0.335 e. The second kappa shape index (κ2) is 11.4. The molecule has 1 amide bonds. The molecule has 2 aromatic rings. The average molecular weight is 516 g/mol. The number of nitrogens with zero attached hydrogens (tertiary/aromatic N) is 2. The molecule has 200 valence electrons. The number of carboxylic acids is 1. The number of aliphatic hydroxyl groups excluding tert-OH is 3. The molecule has 4 rings (SSSR count). The zero-order valence-corrected chi connectivity index (χ0v) is 20.6. The maximum atomic E-state index is 12.2. The molecule has 4 atom stereocenters. The minimum atomic E-state index is -1.07. The standard InChI is InChI=1S/C26H33N3O8/c1-36-24-15(11-29-23(25(27)33)21(13-31)22(14-32)37-29)4-2-6-20(24)16-8-17(26(34)35)10-19(9-16)28-7-3-5-18(28)12-30/h2,4,6,8-10,18,21-23,30-32H,3,5,7,11-14H2,1H3,(H2,27,33)(H,34,35)/t18-,21-,22+,23+/m1/s1. The summed E-state index contributed by atoms with van der Waals surface area (Å²) in [5.74, 6) is -1.99. The third kappa shape index (κ3) is 5.27. The summed E-state index contributed by atoms with van der Waals surface area (Å²) in [6.07, 6.45) is 0.936. The van der Waals surface area contributed by atoms with Crippen LogP contribution in [0.25, 0.3) is 11.1 Å². The molecule has 0 saturated carbocycles. The van der Waals surface area contributed by atoms with Crippen molar-refractivity contribution in [3.05, 3.63) is 47.5 Å². The summed E-state index contributed by atoms with van der Waals surface area (Å²) < 4.78 is 5.75. The molecule has 2 fully saturated rings. The molecule has 0 spiro atoms. The number of aromatic carboxylic acids is 1. The van der Waals surface area contributed by atoms with Crippen LogP contribution in [0.15, 0.2) is 36.4 Å². The number of carboxylic acid groups (broad SMARTS) is 1. The van der Waals surface area contributed by atoms with Gasteiger partial charge in [0.25, 0.3) is 0 Å². The summed E-state index contributed by atoms with van der Waals surface area (Å²) in [7, 11) is 1.50. The first-order valence-corrected chi connectivity index (χ1v) is 12.2. The van der Waals surface area contributed by atoms with Crippen LogP contribution in [0.2, 0.25) is 0 Å². The predicted molar refractivity (Wildman–Crippen MR) is 134 cm³/mol. The molecule has 11 heteroatoms. The number of hydroxylamine groups is 2. The number of rotatable bonds is 10. The van der Waals surface area contributed by atoms with Gasteiger partial charge < -0.3 is 35.8 Å². The quantitative estimate of drug-likeness (QED) is 0.302. The summed E-state index contributed by atoms with van der Waals surface area (Å²) >= 11 is 0. The van der Waals surface area contributed by atoms with Crippen LogP contribution in [-0.4, -0.2) is 89.0 Å². The predicted octanol–water partition coefficient (Wildman–Crippen LogP) is 0.592. The zero-order valence-electron chi connectivity index (χ0n) is 20.6. The SMILES string of the molecule is COc1c(CN2O[C@@H](CO)[C@@H](CO)[C@H]2C(N)=O)cccc1-c1cc(C(=O)O)cc(N2CCC[C@@H]2CO)c1. The van der Waals surface area contributed by atoms with Gasteiger partial charge in [0, 0.05) is 29.3 Å². The van der Waals surface area contributed by atoms with Crippen LogP contribution in [0, 0.1) is 5.92 Å². The first kappa shape index (κ1) is 26.8. The van der Waals surface area contributed by atoms with Crippen molar-refractivity contribution in [1.29, 1.82) is 0 Å². The van der Waals surface area contributed by atoms with E-state index >= 15 is 0 Å². The van der Waals surface area contributed by atoms with Crippen molar-refractivity contribution >= 4 is 17.6 Å². The van der Waals surface area contributed by atoms with Crippen molar-refractivity contribution in [2.24, 2.45) is 11.7 Å². The Balaban J connectivity index is 1.74. The molecule has 0 aliphatic carbocycles. The van der Waals surface area contributed by atoms with Crippen LogP contribution in [-0.2, 0) is 16.2 Å². The summed E-state index contributed by atoms with van der Waals surface area (Å²) in [5, 5.41) is 40.4.